The Kier molecular flexibility index (Phi) is 4.42. The number of nitrogens with zero attached hydrogens (tertiary/aromatic N) is 2. The van der Waals surface area contributed by atoms with Gasteiger partial charge in [-0.3, -0.25) is 4.79 Å². The number of nitrogens with one attached hydrogen (secondary N) is 1. The molecule has 2 fully saturated rings. The van der Waals surface area contributed by atoms with Crippen LogP contribution < -0.4 is 5.32 Å². The number of anilines is 1. The number of fused-ring (bicyclic) bond motifs is 1. The van der Waals surface area contributed by atoms with Crippen LogP contribution >= 0.6 is 0 Å². The molecule has 1 amide bonds. The second-order valence-corrected chi connectivity index (χ2v) is 6.21. The van der Waals surface area contributed by atoms with Crippen molar-refractivity contribution < 1.29 is 4.79 Å². The number of likely N-dealkylation sites (tertiary alicyclic amines) is 1. The molecule has 0 bridgehead atoms. The van der Waals surface area contributed by atoms with Gasteiger partial charge in [-0.15, -0.1) is 0 Å². The van der Waals surface area contributed by atoms with E-state index in [0.29, 0.717) is 6.04 Å². The van der Waals surface area contributed by atoms with E-state index in [1.807, 2.05) is 19.1 Å². The molecule has 4 nitrogen and oxygen atoms in total. The number of pyridine rings is 1. The van der Waals surface area contributed by atoms with Crippen molar-refractivity contribution in [3.63, 3.8) is 0 Å². The lowest BCUT2D eigenvalue weighted by molar-refractivity contribution is 0.0390. The zero-order chi connectivity index (χ0) is 14.7. The van der Waals surface area contributed by atoms with E-state index in [4.69, 9.17) is 0 Å². The summed E-state index contributed by atoms with van der Waals surface area (Å²) < 4.78 is 0. The fraction of sp³-hybridized carbons (Fsp3) is 0.647. The van der Waals surface area contributed by atoms with Gasteiger partial charge in [-0.05, 0) is 50.7 Å². The molecule has 4 heteroatoms. The van der Waals surface area contributed by atoms with E-state index in [-0.39, 0.29) is 5.91 Å². The Hall–Kier alpha value is -1.58. The highest BCUT2D eigenvalue weighted by atomic mass is 16.2. The van der Waals surface area contributed by atoms with Crippen LogP contribution in [0.2, 0.25) is 0 Å². The Bertz CT molecular complexity index is 501. The SMILES string of the molecule is CCNc1cc(C(=O)N2CCC[C@H]3CCCC[C@H]32)ccn1. The highest BCUT2D eigenvalue weighted by Crippen LogP contribution is 2.35. The summed E-state index contributed by atoms with van der Waals surface area (Å²) in [6, 6.07) is 4.20. The fourth-order valence-electron chi connectivity index (χ4n) is 3.88. The van der Waals surface area contributed by atoms with Gasteiger partial charge in [-0.2, -0.15) is 0 Å². The number of carbonyl (C=O) groups is 1. The smallest absolute Gasteiger partial charge is 0.254 e. The van der Waals surface area contributed by atoms with Crippen molar-refractivity contribution in [1.29, 1.82) is 0 Å². The molecule has 0 radical (unpaired) electrons. The first-order valence-electron chi connectivity index (χ1n) is 8.30. The zero-order valence-corrected chi connectivity index (χ0v) is 12.8. The number of aromatic nitrogens is 1. The summed E-state index contributed by atoms with van der Waals surface area (Å²) >= 11 is 0. The molecular formula is C17H25N3O. The van der Waals surface area contributed by atoms with Gasteiger partial charge in [0.15, 0.2) is 0 Å². The average molecular weight is 287 g/mol. The molecule has 1 N–H and O–H groups in total. The first kappa shape index (κ1) is 14.4. The maximum absolute atomic E-state index is 12.9. The van der Waals surface area contributed by atoms with Gasteiger partial charge in [0.25, 0.3) is 5.91 Å². The number of hydrogen-bond donors (Lipinski definition) is 1. The Balaban J connectivity index is 1.78. The first-order chi connectivity index (χ1) is 10.3. The summed E-state index contributed by atoms with van der Waals surface area (Å²) in [5.41, 5.74) is 0.771. The van der Waals surface area contributed by atoms with Crippen molar-refractivity contribution in [2.24, 2.45) is 5.92 Å². The standard InChI is InChI=1S/C17H25N3O/c1-2-18-16-12-14(9-10-19-16)17(21)20-11-5-7-13-6-3-4-8-15(13)20/h9-10,12-13,15H,2-8,11H2,1H3,(H,18,19)/t13-,15-/m1/s1. The van der Waals surface area contributed by atoms with E-state index in [0.717, 1.165) is 36.8 Å². The number of amides is 1. The van der Waals surface area contributed by atoms with Crippen molar-refractivity contribution >= 4 is 11.7 Å². The van der Waals surface area contributed by atoms with E-state index in [2.05, 4.69) is 15.2 Å². The maximum atomic E-state index is 12.9. The van der Waals surface area contributed by atoms with Crippen LogP contribution in [-0.2, 0) is 0 Å². The summed E-state index contributed by atoms with van der Waals surface area (Å²) in [6.07, 6.45) is 9.26. The van der Waals surface area contributed by atoms with Gasteiger partial charge in [0.2, 0.25) is 0 Å². The number of hydrogen-bond acceptors (Lipinski definition) is 3. The minimum atomic E-state index is 0.188. The molecule has 0 unspecified atom stereocenters. The van der Waals surface area contributed by atoms with E-state index in [1.165, 1.54) is 32.1 Å². The molecule has 21 heavy (non-hydrogen) atoms. The van der Waals surface area contributed by atoms with Crippen LogP contribution in [0.25, 0.3) is 0 Å². The van der Waals surface area contributed by atoms with E-state index in [9.17, 15) is 4.79 Å². The molecule has 1 aliphatic carbocycles. The van der Waals surface area contributed by atoms with Crippen LogP contribution in [0.1, 0.15) is 55.8 Å². The summed E-state index contributed by atoms with van der Waals surface area (Å²) in [7, 11) is 0. The first-order valence-corrected chi connectivity index (χ1v) is 8.30. The summed E-state index contributed by atoms with van der Waals surface area (Å²) in [5.74, 6) is 1.71. The molecule has 2 atom stereocenters. The number of piperidine rings is 1. The van der Waals surface area contributed by atoms with Gasteiger partial charge in [0.1, 0.15) is 5.82 Å². The van der Waals surface area contributed by atoms with E-state index < -0.39 is 0 Å². The Morgan fingerprint density at radius 3 is 3.00 bits per heavy atom. The van der Waals surface area contributed by atoms with Crippen LogP contribution in [0.15, 0.2) is 18.3 Å². The molecule has 0 aromatic carbocycles. The third-order valence-corrected chi connectivity index (χ3v) is 4.87. The largest absolute Gasteiger partial charge is 0.370 e. The monoisotopic (exact) mass is 287 g/mol. The quantitative estimate of drug-likeness (QED) is 0.927. The minimum Gasteiger partial charge on any atom is -0.370 e. The van der Waals surface area contributed by atoms with Gasteiger partial charge >= 0.3 is 0 Å². The summed E-state index contributed by atoms with van der Waals surface area (Å²) in [6.45, 7) is 3.77. The molecular weight excluding hydrogens is 262 g/mol. The van der Waals surface area contributed by atoms with Crippen molar-refractivity contribution in [2.45, 2.75) is 51.5 Å². The number of carbonyl (C=O) groups excluding carboxylic acids is 1. The van der Waals surface area contributed by atoms with Crippen molar-refractivity contribution in [1.82, 2.24) is 9.88 Å². The predicted octanol–water partition coefficient (Wildman–Crippen LogP) is 3.31. The van der Waals surface area contributed by atoms with Gasteiger partial charge in [0.05, 0.1) is 0 Å². The molecule has 2 aliphatic rings. The van der Waals surface area contributed by atoms with Crippen molar-refractivity contribution in [3.05, 3.63) is 23.9 Å². The van der Waals surface area contributed by atoms with Gasteiger partial charge in [-0.1, -0.05) is 12.8 Å². The van der Waals surface area contributed by atoms with Crippen molar-refractivity contribution in [3.8, 4) is 0 Å². The molecule has 1 saturated heterocycles. The van der Waals surface area contributed by atoms with Gasteiger partial charge in [-0.25, -0.2) is 4.98 Å². The topological polar surface area (TPSA) is 45.2 Å². The second-order valence-electron chi connectivity index (χ2n) is 6.21. The van der Waals surface area contributed by atoms with Crippen LogP contribution in [0.5, 0.6) is 0 Å². The lowest BCUT2D eigenvalue weighted by Gasteiger charge is -2.44. The molecule has 1 aromatic rings. The second kappa shape index (κ2) is 6.46. The molecule has 114 valence electrons. The predicted molar refractivity (Wildman–Crippen MR) is 84.4 cm³/mol. The lowest BCUT2D eigenvalue weighted by atomic mass is 9.78. The highest BCUT2D eigenvalue weighted by molar-refractivity contribution is 5.95. The van der Waals surface area contributed by atoms with Crippen LogP contribution in [-0.4, -0.2) is 34.9 Å². The third kappa shape index (κ3) is 3.04. The van der Waals surface area contributed by atoms with Crippen LogP contribution in [0, 0.1) is 5.92 Å². The Labute approximate surface area is 126 Å². The minimum absolute atomic E-state index is 0.188. The van der Waals surface area contributed by atoms with E-state index in [1.54, 1.807) is 6.20 Å². The Morgan fingerprint density at radius 2 is 2.14 bits per heavy atom. The van der Waals surface area contributed by atoms with Crippen LogP contribution in [0.3, 0.4) is 0 Å². The van der Waals surface area contributed by atoms with Crippen molar-refractivity contribution in [2.75, 3.05) is 18.4 Å². The normalized spacial score (nSPS) is 25.3. The molecule has 2 heterocycles. The average Bonchev–Trinajstić information content (AvgIpc) is 2.54. The van der Waals surface area contributed by atoms with Gasteiger partial charge < -0.3 is 10.2 Å². The molecule has 1 aromatic heterocycles. The molecule has 3 rings (SSSR count). The third-order valence-electron chi connectivity index (χ3n) is 4.87. The lowest BCUT2D eigenvalue weighted by Crippen LogP contribution is -2.49. The molecule has 0 spiro atoms. The summed E-state index contributed by atoms with van der Waals surface area (Å²) in [5, 5.41) is 3.18. The highest BCUT2D eigenvalue weighted by Gasteiger charge is 2.35. The number of rotatable bonds is 3. The van der Waals surface area contributed by atoms with E-state index >= 15 is 0 Å². The summed E-state index contributed by atoms with van der Waals surface area (Å²) in [4.78, 5) is 19.3. The van der Waals surface area contributed by atoms with Gasteiger partial charge in [0, 0.05) is 30.9 Å². The fourth-order valence-corrected chi connectivity index (χ4v) is 3.88. The zero-order valence-electron chi connectivity index (χ0n) is 12.8. The van der Waals surface area contributed by atoms with Crippen LogP contribution in [0.4, 0.5) is 5.82 Å². The maximum Gasteiger partial charge on any atom is 0.254 e. The molecule has 1 saturated carbocycles. The Morgan fingerprint density at radius 1 is 1.33 bits per heavy atom. The molecule has 1 aliphatic heterocycles.